The van der Waals surface area contributed by atoms with E-state index in [0.29, 0.717) is 22.8 Å². The minimum atomic E-state index is 0.559. The first-order chi connectivity index (χ1) is 14.7. The van der Waals surface area contributed by atoms with Crippen LogP contribution in [-0.2, 0) is 0 Å². The van der Waals surface area contributed by atoms with Crippen molar-refractivity contribution in [3.63, 3.8) is 0 Å². The molecule has 0 bridgehead atoms. The Morgan fingerprint density at radius 3 is 2.67 bits per heavy atom. The average Bonchev–Trinajstić information content (AvgIpc) is 3.30. The maximum absolute atomic E-state index is 4.89. The molecule has 150 valence electrons. The smallest absolute Gasteiger partial charge is 0.184 e. The van der Waals surface area contributed by atoms with E-state index in [-0.39, 0.29) is 0 Å². The second-order valence-corrected chi connectivity index (χ2v) is 8.21. The zero-order valence-corrected chi connectivity index (χ0v) is 18.1. The fraction of sp³-hybridized carbons (Fsp3) is 0.227. The Labute approximate surface area is 182 Å². The molecule has 1 fully saturated rings. The van der Waals surface area contributed by atoms with Gasteiger partial charge in [0, 0.05) is 59.3 Å². The lowest BCUT2D eigenvalue weighted by Gasteiger charge is -2.21. The van der Waals surface area contributed by atoms with Gasteiger partial charge in [0.2, 0.25) is 0 Å². The monoisotopic (exact) mass is 461 g/mol. The molecule has 7 nitrogen and oxygen atoms in total. The van der Waals surface area contributed by atoms with Crippen molar-refractivity contribution < 1.29 is 0 Å². The van der Waals surface area contributed by atoms with E-state index in [2.05, 4.69) is 59.3 Å². The van der Waals surface area contributed by atoms with E-state index in [1.165, 1.54) is 12.8 Å². The molecular formula is C22H20BrN7. The van der Waals surface area contributed by atoms with Crippen LogP contribution in [0.15, 0.2) is 53.5 Å². The SMILES string of the molecule is Cc1cnccc1Nc1nc(-c2cc(Br)ccc2N2CCCC2)nc2nccnc12. The summed E-state index contributed by atoms with van der Waals surface area (Å²) in [6.07, 6.45) is 9.29. The molecule has 30 heavy (non-hydrogen) atoms. The van der Waals surface area contributed by atoms with Crippen molar-refractivity contribution in [2.75, 3.05) is 23.3 Å². The first-order valence-electron chi connectivity index (χ1n) is 9.90. The molecule has 4 heterocycles. The minimum Gasteiger partial charge on any atom is -0.371 e. The summed E-state index contributed by atoms with van der Waals surface area (Å²) in [5.74, 6) is 1.25. The van der Waals surface area contributed by atoms with Gasteiger partial charge in [-0.1, -0.05) is 15.9 Å². The van der Waals surface area contributed by atoms with Gasteiger partial charge >= 0.3 is 0 Å². The van der Waals surface area contributed by atoms with E-state index in [1.807, 2.05) is 19.2 Å². The lowest BCUT2D eigenvalue weighted by atomic mass is 10.1. The first kappa shape index (κ1) is 18.9. The van der Waals surface area contributed by atoms with Gasteiger partial charge < -0.3 is 10.2 Å². The third kappa shape index (κ3) is 3.59. The third-order valence-corrected chi connectivity index (χ3v) is 5.75. The molecule has 1 N–H and O–H groups in total. The molecule has 4 aromatic rings. The maximum Gasteiger partial charge on any atom is 0.184 e. The number of hydrogen-bond acceptors (Lipinski definition) is 7. The van der Waals surface area contributed by atoms with E-state index in [1.54, 1.807) is 18.6 Å². The lowest BCUT2D eigenvalue weighted by molar-refractivity contribution is 0.949. The van der Waals surface area contributed by atoms with Gasteiger partial charge in [-0.3, -0.25) is 4.98 Å². The number of pyridine rings is 1. The second-order valence-electron chi connectivity index (χ2n) is 7.30. The molecule has 1 saturated heterocycles. The lowest BCUT2D eigenvalue weighted by Crippen LogP contribution is -2.18. The van der Waals surface area contributed by atoms with Crippen molar-refractivity contribution in [3.8, 4) is 11.4 Å². The van der Waals surface area contributed by atoms with Gasteiger partial charge in [-0.25, -0.2) is 19.9 Å². The van der Waals surface area contributed by atoms with E-state index in [0.717, 1.165) is 40.1 Å². The minimum absolute atomic E-state index is 0.559. The van der Waals surface area contributed by atoms with Crippen molar-refractivity contribution in [2.45, 2.75) is 19.8 Å². The standard InChI is InChI=1S/C22H20BrN7/c1-14-13-24-7-6-17(14)27-22-19-21(26-9-8-25-19)28-20(29-22)16-12-15(23)4-5-18(16)30-10-2-3-11-30/h4-9,12-13H,2-3,10-11H2,1H3,(H,24,26,27,28,29). The summed E-state index contributed by atoms with van der Waals surface area (Å²) in [4.78, 5) is 25.1. The number of benzene rings is 1. The zero-order valence-electron chi connectivity index (χ0n) is 16.5. The summed E-state index contributed by atoms with van der Waals surface area (Å²) in [6.45, 7) is 4.10. The molecule has 3 aromatic heterocycles. The van der Waals surface area contributed by atoms with Gasteiger partial charge in [-0.15, -0.1) is 0 Å². The number of aromatic nitrogens is 5. The predicted molar refractivity (Wildman–Crippen MR) is 122 cm³/mol. The van der Waals surface area contributed by atoms with Crippen molar-refractivity contribution in [2.24, 2.45) is 0 Å². The number of nitrogens with zero attached hydrogens (tertiary/aromatic N) is 6. The number of anilines is 3. The van der Waals surface area contributed by atoms with E-state index < -0.39 is 0 Å². The molecule has 0 amide bonds. The molecule has 0 aliphatic carbocycles. The van der Waals surface area contributed by atoms with Crippen LogP contribution in [0, 0.1) is 6.92 Å². The van der Waals surface area contributed by atoms with Crippen LogP contribution in [0.1, 0.15) is 18.4 Å². The van der Waals surface area contributed by atoms with E-state index in [4.69, 9.17) is 9.97 Å². The van der Waals surface area contributed by atoms with Crippen LogP contribution in [0.2, 0.25) is 0 Å². The van der Waals surface area contributed by atoms with Crippen LogP contribution >= 0.6 is 15.9 Å². The summed E-state index contributed by atoms with van der Waals surface area (Å²) < 4.78 is 0.989. The highest BCUT2D eigenvalue weighted by molar-refractivity contribution is 9.10. The van der Waals surface area contributed by atoms with Gasteiger partial charge in [-0.05, 0) is 49.6 Å². The number of fused-ring (bicyclic) bond motifs is 1. The molecule has 0 spiro atoms. The largest absolute Gasteiger partial charge is 0.371 e. The first-order valence-corrected chi connectivity index (χ1v) is 10.7. The van der Waals surface area contributed by atoms with Crippen LogP contribution in [0.4, 0.5) is 17.2 Å². The van der Waals surface area contributed by atoms with Crippen LogP contribution in [0.5, 0.6) is 0 Å². The Balaban J connectivity index is 1.68. The highest BCUT2D eigenvalue weighted by Gasteiger charge is 2.20. The topological polar surface area (TPSA) is 79.7 Å². The number of nitrogens with one attached hydrogen (secondary N) is 1. The van der Waals surface area contributed by atoms with E-state index >= 15 is 0 Å². The highest BCUT2D eigenvalue weighted by Crippen LogP contribution is 2.35. The molecule has 0 saturated carbocycles. The number of aryl methyl sites for hydroxylation is 1. The molecule has 5 rings (SSSR count). The fourth-order valence-electron chi connectivity index (χ4n) is 3.73. The molecule has 8 heteroatoms. The maximum atomic E-state index is 4.89. The van der Waals surface area contributed by atoms with Crippen molar-refractivity contribution in [1.29, 1.82) is 0 Å². The second kappa shape index (κ2) is 7.95. The summed E-state index contributed by atoms with van der Waals surface area (Å²) in [6, 6.07) is 8.20. The van der Waals surface area contributed by atoms with E-state index in [9.17, 15) is 0 Å². The van der Waals surface area contributed by atoms with Crippen molar-refractivity contribution >= 4 is 44.3 Å². The summed E-state index contributed by atoms with van der Waals surface area (Å²) in [5, 5.41) is 3.41. The van der Waals surface area contributed by atoms with Crippen LogP contribution in [-0.4, -0.2) is 38.0 Å². The number of rotatable bonds is 4. The quantitative estimate of drug-likeness (QED) is 0.462. The van der Waals surface area contributed by atoms with Gasteiger partial charge in [0.15, 0.2) is 22.8 Å². The normalized spacial score (nSPS) is 13.7. The summed E-state index contributed by atoms with van der Waals surface area (Å²) in [7, 11) is 0. The van der Waals surface area contributed by atoms with Crippen molar-refractivity contribution in [3.05, 3.63) is 59.1 Å². The molecule has 1 aliphatic heterocycles. The van der Waals surface area contributed by atoms with Crippen LogP contribution in [0.25, 0.3) is 22.6 Å². The Bertz CT molecular complexity index is 1220. The Hall–Kier alpha value is -3.13. The molecule has 1 aliphatic rings. The fourth-order valence-corrected chi connectivity index (χ4v) is 4.09. The number of hydrogen-bond donors (Lipinski definition) is 1. The van der Waals surface area contributed by atoms with Crippen molar-refractivity contribution in [1.82, 2.24) is 24.9 Å². The molecule has 1 aromatic carbocycles. The Kier molecular flexibility index (Phi) is 5.00. The highest BCUT2D eigenvalue weighted by atomic mass is 79.9. The molecule has 0 radical (unpaired) electrons. The van der Waals surface area contributed by atoms with Gasteiger partial charge in [0.25, 0.3) is 0 Å². The Morgan fingerprint density at radius 2 is 1.83 bits per heavy atom. The van der Waals surface area contributed by atoms with Gasteiger partial charge in [0.05, 0.1) is 0 Å². The summed E-state index contributed by atoms with van der Waals surface area (Å²) >= 11 is 3.61. The molecule has 0 unspecified atom stereocenters. The van der Waals surface area contributed by atoms with Gasteiger partial charge in [0.1, 0.15) is 0 Å². The van der Waals surface area contributed by atoms with Gasteiger partial charge in [-0.2, -0.15) is 0 Å². The zero-order chi connectivity index (χ0) is 20.5. The van der Waals surface area contributed by atoms with Crippen LogP contribution < -0.4 is 10.2 Å². The van der Waals surface area contributed by atoms with Crippen LogP contribution in [0.3, 0.4) is 0 Å². The Morgan fingerprint density at radius 1 is 1.00 bits per heavy atom. The number of halogens is 1. The third-order valence-electron chi connectivity index (χ3n) is 5.25. The summed E-state index contributed by atoms with van der Waals surface area (Å²) in [5.41, 5.74) is 5.27. The molecular weight excluding hydrogens is 442 g/mol. The predicted octanol–water partition coefficient (Wildman–Crippen LogP) is 4.90. The molecule has 0 atom stereocenters. The average molecular weight is 462 g/mol.